The molecule has 1 fully saturated rings. The highest BCUT2D eigenvalue weighted by molar-refractivity contribution is 5.95. The first-order valence-electron chi connectivity index (χ1n) is 8.84. The molecule has 0 aliphatic carbocycles. The van der Waals surface area contributed by atoms with E-state index in [0.29, 0.717) is 41.4 Å². The van der Waals surface area contributed by atoms with Crippen molar-refractivity contribution < 1.29 is 27.4 Å². The van der Waals surface area contributed by atoms with Crippen LogP contribution in [0.5, 0.6) is 5.75 Å². The highest BCUT2D eigenvalue weighted by Crippen LogP contribution is 2.32. The van der Waals surface area contributed by atoms with Gasteiger partial charge in [-0.15, -0.1) is 0 Å². The van der Waals surface area contributed by atoms with Crippen molar-refractivity contribution in [1.29, 1.82) is 0 Å². The van der Waals surface area contributed by atoms with E-state index in [0.717, 1.165) is 4.68 Å². The van der Waals surface area contributed by atoms with Crippen LogP contribution in [0, 0.1) is 13.8 Å². The average Bonchev–Trinajstić information content (AvgIpc) is 2.92. The molecule has 0 N–H and O–H groups in total. The Hall–Kier alpha value is -2.55. The second-order valence-electron chi connectivity index (χ2n) is 6.68. The quantitative estimate of drug-likeness (QED) is 0.795. The Morgan fingerprint density at radius 2 is 2.11 bits per heavy atom. The molecule has 1 aromatic carbocycles. The maximum absolute atomic E-state index is 13.1. The number of halogens is 3. The number of aromatic nitrogens is 2. The van der Waals surface area contributed by atoms with Gasteiger partial charge in [-0.2, -0.15) is 18.3 Å². The Bertz CT molecular complexity index is 864. The van der Waals surface area contributed by atoms with E-state index in [9.17, 15) is 18.0 Å². The third kappa shape index (κ3) is 4.14. The van der Waals surface area contributed by atoms with E-state index in [1.807, 2.05) is 0 Å². The van der Waals surface area contributed by atoms with Gasteiger partial charge < -0.3 is 14.4 Å². The molecule has 152 valence electrons. The number of methoxy groups -OCH3 is 1. The lowest BCUT2D eigenvalue weighted by molar-refractivity contribution is -0.143. The first-order valence-corrected chi connectivity index (χ1v) is 8.84. The number of rotatable bonds is 4. The number of benzene rings is 1. The lowest BCUT2D eigenvalue weighted by atomic mass is 10.0. The minimum Gasteiger partial charge on any atom is -0.497 e. The Morgan fingerprint density at radius 3 is 2.79 bits per heavy atom. The van der Waals surface area contributed by atoms with Crippen molar-refractivity contribution in [3.8, 4) is 5.75 Å². The van der Waals surface area contributed by atoms with Crippen LogP contribution in [0.1, 0.15) is 33.4 Å². The minimum atomic E-state index is -4.38. The van der Waals surface area contributed by atoms with Crippen LogP contribution in [-0.4, -0.2) is 53.6 Å². The lowest BCUT2D eigenvalue weighted by Gasteiger charge is -2.36. The summed E-state index contributed by atoms with van der Waals surface area (Å²) in [6.07, 6.45) is -4.38. The Labute approximate surface area is 160 Å². The molecule has 0 saturated carbocycles. The monoisotopic (exact) mass is 397 g/mol. The van der Waals surface area contributed by atoms with E-state index in [4.69, 9.17) is 9.47 Å². The fourth-order valence-corrected chi connectivity index (χ4v) is 3.52. The van der Waals surface area contributed by atoms with Gasteiger partial charge in [-0.3, -0.25) is 9.48 Å². The predicted molar refractivity (Wildman–Crippen MR) is 95.3 cm³/mol. The molecule has 2 aromatic rings. The number of morpholine rings is 1. The first-order chi connectivity index (χ1) is 13.2. The summed E-state index contributed by atoms with van der Waals surface area (Å²) in [5, 5.41) is 4.05. The van der Waals surface area contributed by atoms with Gasteiger partial charge in [0.15, 0.2) is 0 Å². The van der Waals surface area contributed by atoms with Crippen molar-refractivity contribution in [3.63, 3.8) is 0 Å². The van der Waals surface area contributed by atoms with Gasteiger partial charge in [-0.25, -0.2) is 0 Å². The molecule has 1 amide bonds. The van der Waals surface area contributed by atoms with Crippen LogP contribution in [0.15, 0.2) is 24.3 Å². The molecule has 2 heterocycles. The van der Waals surface area contributed by atoms with Crippen molar-refractivity contribution in [3.05, 3.63) is 46.8 Å². The van der Waals surface area contributed by atoms with Gasteiger partial charge in [0.2, 0.25) is 0 Å². The molecular formula is C19H22F3N3O3. The highest BCUT2D eigenvalue weighted by atomic mass is 19.4. The van der Waals surface area contributed by atoms with Crippen LogP contribution in [0.3, 0.4) is 0 Å². The molecular weight excluding hydrogens is 375 g/mol. The van der Waals surface area contributed by atoms with Gasteiger partial charge in [-0.1, -0.05) is 6.07 Å². The largest absolute Gasteiger partial charge is 0.497 e. The van der Waals surface area contributed by atoms with Gasteiger partial charge in [0.1, 0.15) is 12.3 Å². The van der Waals surface area contributed by atoms with Crippen LogP contribution in [-0.2, 0) is 11.3 Å². The molecule has 1 saturated heterocycles. The second-order valence-corrected chi connectivity index (χ2v) is 6.68. The van der Waals surface area contributed by atoms with Gasteiger partial charge in [0.05, 0.1) is 32.1 Å². The predicted octanol–water partition coefficient (Wildman–Crippen LogP) is 3.28. The summed E-state index contributed by atoms with van der Waals surface area (Å²) in [5.41, 5.74) is 1.89. The summed E-state index contributed by atoms with van der Waals surface area (Å²) in [7, 11) is 1.52. The molecule has 1 atom stereocenters. The fraction of sp³-hybridized carbons (Fsp3) is 0.474. The molecule has 0 radical (unpaired) electrons. The summed E-state index contributed by atoms with van der Waals surface area (Å²) in [6.45, 7) is 2.97. The molecule has 1 aliphatic rings. The molecule has 1 aliphatic heterocycles. The first kappa shape index (κ1) is 20.2. The van der Waals surface area contributed by atoms with E-state index >= 15 is 0 Å². The summed E-state index contributed by atoms with van der Waals surface area (Å²) < 4.78 is 50.2. The topological polar surface area (TPSA) is 56.6 Å². The van der Waals surface area contributed by atoms with Crippen molar-refractivity contribution >= 4 is 5.91 Å². The Morgan fingerprint density at radius 1 is 1.36 bits per heavy atom. The number of nitrogens with zero attached hydrogens (tertiary/aromatic N) is 3. The van der Waals surface area contributed by atoms with Gasteiger partial charge in [0.25, 0.3) is 5.91 Å². The fourth-order valence-electron chi connectivity index (χ4n) is 3.52. The molecule has 9 heteroatoms. The summed E-state index contributed by atoms with van der Waals surface area (Å²) in [4.78, 5) is 14.7. The van der Waals surface area contributed by atoms with Crippen molar-refractivity contribution in [2.24, 2.45) is 0 Å². The van der Waals surface area contributed by atoms with E-state index < -0.39 is 18.8 Å². The second kappa shape index (κ2) is 7.83. The number of amides is 1. The lowest BCUT2D eigenvalue weighted by Crippen LogP contribution is -2.43. The molecule has 0 unspecified atom stereocenters. The smallest absolute Gasteiger partial charge is 0.408 e. The van der Waals surface area contributed by atoms with Gasteiger partial charge >= 0.3 is 6.18 Å². The minimum absolute atomic E-state index is 0.203. The third-order valence-corrected chi connectivity index (χ3v) is 4.81. The van der Waals surface area contributed by atoms with Crippen molar-refractivity contribution in [2.45, 2.75) is 32.6 Å². The molecule has 1 aromatic heterocycles. The number of aryl methyl sites for hydroxylation is 1. The third-order valence-electron chi connectivity index (χ3n) is 4.81. The molecule has 28 heavy (non-hydrogen) atoms. The van der Waals surface area contributed by atoms with Crippen molar-refractivity contribution in [1.82, 2.24) is 14.7 Å². The van der Waals surface area contributed by atoms with Crippen LogP contribution in [0.2, 0.25) is 0 Å². The number of ether oxygens (including phenoxy) is 2. The van der Waals surface area contributed by atoms with E-state index in [-0.39, 0.29) is 12.5 Å². The number of carbonyl (C=O) groups is 1. The molecule has 0 spiro atoms. The normalized spacial score (nSPS) is 17.6. The Kier molecular flexibility index (Phi) is 5.64. The summed E-state index contributed by atoms with van der Waals surface area (Å²) in [5.74, 6) is 0.329. The molecule has 6 nitrogen and oxygen atoms in total. The average molecular weight is 397 g/mol. The number of hydrogen-bond acceptors (Lipinski definition) is 4. The molecule has 0 bridgehead atoms. The number of carbonyl (C=O) groups excluding carboxylic acids is 1. The summed E-state index contributed by atoms with van der Waals surface area (Å²) in [6, 6.07) is 6.28. The highest BCUT2D eigenvalue weighted by Gasteiger charge is 2.35. The van der Waals surface area contributed by atoms with E-state index in [2.05, 4.69) is 5.10 Å². The van der Waals surface area contributed by atoms with Crippen LogP contribution >= 0.6 is 0 Å². The zero-order valence-electron chi connectivity index (χ0n) is 15.9. The zero-order chi connectivity index (χ0) is 20.5. The zero-order valence-corrected chi connectivity index (χ0v) is 15.9. The SMILES string of the molecule is COc1cccc(C(=O)N2CCOC[C@H]2c2c(C)nn(CC(F)(F)F)c2C)c1. The number of hydrogen-bond donors (Lipinski definition) is 0. The van der Waals surface area contributed by atoms with Gasteiger partial charge in [0, 0.05) is 23.4 Å². The van der Waals surface area contributed by atoms with Gasteiger partial charge in [-0.05, 0) is 32.0 Å². The summed E-state index contributed by atoms with van der Waals surface area (Å²) >= 11 is 0. The number of alkyl halides is 3. The van der Waals surface area contributed by atoms with Crippen LogP contribution in [0.4, 0.5) is 13.2 Å². The van der Waals surface area contributed by atoms with E-state index in [1.54, 1.807) is 43.0 Å². The van der Waals surface area contributed by atoms with Crippen molar-refractivity contribution in [2.75, 3.05) is 26.9 Å². The van der Waals surface area contributed by atoms with E-state index in [1.165, 1.54) is 7.11 Å². The maximum Gasteiger partial charge on any atom is 0.408 e. The standard InChI is InChI=1S/C19H22F3N3O3/c1-12-17(13(2)25(23-12)11-19(20,21)22)16-10-28-8-7-24(16)18(26)14-5-4-6-15(9-14)27-3/h4-6,9,16H,7-8,10-11H2,1-3H3/t16-/m0/s1. The maximum atomic E-state index is 13.1. The van der Waals surface area contributed by atoms with Crippen LogP contribution < -0.4 is 4.74 Å². The Balaban J connectivity index is 1.95. The molecule has 3 rings (SSSR count). The van der Waals surface area contributed by atoms with Crippen LogP contribution in [0.25, 0.3) is 0 Å².